The molecular formula is C32H32N4O3. The molecule has 5 rings (SSSR count). The third-order valence-corrected chi connectivity index (χ3v) is 7.32. The fourth-order valence-electron chi connectivity index (χ4n) is 5.52. The van der Waals surface area contributed by atoms with Gasteiger partial charge in [-0.15, -0.1) is 0 Å². The van der Waals surface area contributed by atoms with Crippen LogP contribution in [0.2, 0.25) is 0 Å². The number of carbonyl (C=O) groups is 1. The smallest absolute Gasteiger partial charge is 0.410 e. The Morgan fingerprint density at radius 1 is 0.974 bits per heavy atom. The predicted octanol–water partition coefficient (Wildman–Crippen LogP) is 6.50. The first-order chi connectivity index (χ1) is 18.9. The van der Waals surface area contributed by atoms with Crippen molar-refractivity contribution in [3.05, 3.63) is 78.5 Å². The summed E-state index contributed by atoms with van der Waals surface area (Å²) in [5.41, 5.74) is 6.50. The van der Waals surface area contributed by atoms with Crippen molar-refractivity contribution in [1.29, 1.82) is 5.26 Å². The van der Waals surface area contributed by atoms with E-state index >= 15 is 0 Å². The van der Waals surface area contributed by atoms with Crippen molar-refractivity contribution >= 4 is 22.7 Å². The molecule has 0 saturated carbocycles. The lowest BCUT2D eigenvalue weighted by Crippen LogP contribution is -2.58. The third kappa shape index (κ3) is 4.98. The van der Waals surface area contributed by atoms with Crippen molar-refractivity contribution in [2.24, 2.45) is 0 Å². The Hall–Kier alpha value is -4.57. The number of methoxy groups -OCH3 is 1. The van der Waals surface area contributed by atoms with Gasteiger partial charge in [0.05, 0.1) is 42.9 Å². The summed E-state index contributed by atoms with van der Waals surface area (Å²) in [4.78, 5) is 21.4. The van der Waals surface area contributed by atoms with E-state index in [2.05, 4.69) is 49.1 Å². The zero-order valence-corrected chi connectivity index (χ0v) is 22.7. The number of anilines is 1. The van der Waals surface area contributed by atoms with Crippen molar-refractivity contribution < 1.29 is 14.3 Å². The first kappa shape index (κ1) is 26.1. The fourth-order valence-corrected chi connectivity index (χ4v) is 5.52. The van der Waals surface area contributed by atoms with Crippen molar-refractivity contribution in [3.8, 4) is 34.1 Å². The van der Waals surface area contributed by atoms with Crippen LogP contribution in [0, 0.1) is 11.3 Å². The molecule has 4 aromatic rings. The molecule has 7 nitrogen and oxygen atoms in total. The minimum absolute atomic E-state index is 0.0440. The largest absolute Gasteiger partial charge is 0.495 e. The number of fused-ring (bicyclic) bond motifs is 1. The van der Waals surface area contributed by atoms with Gasteiger partial charge in [0.2, 0.25) is 0 Å². The van der Waals surface area contributed by atoms with E-state index in [0.717, 1.165) is 57.7 Å². The number of para-hydroxylation sites is 1. The molecule has 3 aromatic carbocycles. The van der Waals surface area contributed by atoms with Crippen LogP contribution in [0.15, 0.2) is 72.9 Å². The second kappa shape index (κ2) is 11.0. The van der Waals surface area contributed by atoms with E-state index in [1.807, 2.05) is 60.5 Å². The first-order valence-corrected chi connectivity index (χ1v) is 13.2. The summed E-state index contributed by atoms with van der Waals surface area (Å²) in [6, 6.07) is 24.3. The maximum atomic E-state index is 12.4. The SMILES string of the molecule is CCOC(=O)N1[C@H](C)CN(c2ccc(-c3cnc4c(-c5ccc(C#N)cc5)cccc4c3OC)cc2)C[C@@H]1C. The highest BCUT2D eigenvalue weighted by Gasteiger charge is 2.33. The number of pyridine rings is 1. The molecule has 0 spiro atoms. The zero-order valence-electron chi connectivity index (χ0n) is 22.7. The molecule has 2 heterocycles. The monoisotopic (exact) mass is 520 g/mol. The maximum Gasteiger partial charge on any atom is 0.410 e. The van der Waals surface area contributed by atoms with Crippen LogP contribution < -0.4 is 9.64 Å². The molecule has 198 valence electrons. The lowest BCUT2D eigenvalue weighted by Gasteiger charge is -2.44. The number of benzene rings is 3. The minimum Gasteiger partial charge on any atom is -0.495 e. The molecule has 1 aliphatic rings. The highest BCUT2D eigenvalue weighted by molar-refractivity contribution is 6.00. The average Bonchev–Trinajstić information content (AvgIpc) is 2.96. The number of rotatable bonds is 5. The van der Waals surface area contributed by atoms with E-state index in [-0.39, 0.29) is 18.2 Å². The number of ether oxygens (including phenoxy) is 2. The summed E-state index contributed by atoms with van der Waals surface area (Å²) in [5, 5.41) is 10.1. The quantitative estimate of drug-likeness (QED) is 0.299. The van der Waals surface area contributed by atoms with Crippen molar-refractivity contribution in [3.63, 3.8) is 0 Å². The molecule has 1 aromatic heterocycles. The van der Waals surface area contributed by atoms with Gasteiger partial charge in [0.1, 0.15) is 5.75 Å². The third-order valence-electron chi connectivity index (χ3n) is 7.32. The van der Waals surface area contributed by atoms with Crippen LogP contribution in [0.4, 0.5) is 10.5 Å². The van der Waals surface area contributed by atoms with Crippen LogP contribution in [-0.4, -0.2) is 54.9 Å². The van der Waals surface area contributed by atoms with E-state index in [1.54, 1.807) is 7.11 Å². The van der Waals surface area contributed by atoms with Crippen molar-refractivity contribution in [2.45, 2.75) is 32.9 Å². The molecular weight excluding hydrogens is 488 g/mol. The van der Waals surface area contributed by atoms with Gasteiger partial charge < -0.3 is 14.4 Å². The first-order valence-electron chi connectivity index (χ1n) is 13.2. The number of aromatic nitrogens is 1. The standard InChI is InChI=1S/C32H32N4O3/c1-5-39-32(37)36-21(2)19-35(20-22(36)3)26-15-13-25(14-16-26)29-18-34-30-27(7-6-8-28(30)31(29)38-4)24-11-9-23(17-33)10-12-24/h6-16,18,21-22H,5,19-20H2,1-4H3/t21-,22+. The van der Waals surface area contributed by atoms with E-state index in [1.165, 1.54) is 0 Å². The lowest BCUT2D eigenvalue weighted by molar-refractivity contribution is 0.0698. The molecule has 0 N–H and O–H groups in total. The number of carbonyl (C=O) groups excluding carboxylic acids is 1. The Kier molecular flexibility index (Phi) is 7.38. The van der Waals surface area contributed by atoms with Gasteiger partial charge in [-0.05, 0) is 62.2 Å². The number of hydrogen-bond donors (Lipinski definition) is 0. The minimum atomic E-state index is -0.245. The van der Waals surface area contributed by atoms with E-state index in [9.17, 15) is 4.79 Å². The lowest BCUT2D eigenvalue weighted by atomic mass is 9.98. The second-order valence-corrected chi connectivity index (χ2v) is 9.85. The molecule has 1 saturated heterocycles. The van der Waals surface area contributed by atoms with Gasteiger partial charge in [0.25, 0.3) is 0 Å². The summed E-state index contributed by atoms with van der Waals surface area (Å²) in [6.45, 7) is 7.81. The topological polar surface area (TPSA) is 78.7 Å². The Balaban J connectivity index is 1.43. The van der Waals surface area contributed by atoms with Crippen LogP contribution in [0.3, 0.4) is 0 Å². The fraction of sp³-hybridized carbons (Fsp3) is 0.281. The Morgan fingerprint density at radius 3 is 2.23 bits per heavy atom. The summed E-state index contributed by atoms with van der Waals surface area (Å²) >= 11 is 0. The van der Waals surface area contributed by atoms with Crippen LogP contribution >= 0.6 is 0 Å². The van der Waals surface area contributed by atoms with Gasteiger partial charge in [-0.3, -0.25) is 9.88 Å². The molecule has 1 aliphatic heterocycles. The van der Waals surface area contributed by atoms with Gasteiger partial charge >= 0.3 is 6.09 Å². The summed E-state index contributed by atoms with van der Waals surface area (Å²) < 4.78 is 11.2. The van der Waals surface area contributed by atoms with Gasteiger partial charge in [-0.1, -0.05) is 36.4 Å². The highest BCUT2D eigenvalue weighted by atomic mass is 16.6. The van der Waals surface area contributed by atoms with Crippen LogP contribution in [0.25, 0.3) is 33.2 Å². The summed E-state index contributed by atoms with van der Waals surface area (Å²) in [5.74, 6) is 0.772. The number of amides is 1. The van der Waals surface area contributed by atoms with Gasteiger partial charge in [0.15, 0.2) is 0 Å². The molecule has 0 unspecified atom stereocenters. The number of piperazine rings is 1. The molecule has 0 radical (unpaired) electrons. The number of nitriles is 1. The Labute approximate surface area is 229 Å². The average molecular weight is 521 g/mol. The summed E-state index contributed by atoms with van der Waals surface area (Å²) in [6.07, 6.45) is 1.62. The number of nitrogens with zero attached hydrogens (tertiary/aromatic N) is 4. The normalized spacial score (nSPS) is 17.1. The molecule has 39 heavy (non-hydrogen) atoms. The van der Waals surface area contributed by atoms with E-state index in [4.69, 9.17) is 19.7 Å². The van der Waals surface area contributed by atoms with Crippen LogP contribution in [0.5, 0.6) is 5.75 Å². The zero-order chi connectivity index (χ0) is 27.5. The van der Waals surface area contributed by atoms with Crippen LogP contribution in [0.1, 0.15) is 26.3 Å². The van der Waals surface area contributed by atoms with Crippen molar-refractivity contribution in [2.75, 3.05) is 31.7 Å². The van der Waals surface area contributed by atoms with E-state index < -0.39 is 0 Å². The maximum absolute atomic E-state index is 12.4. The molecule has 0 bridgehead atoms. The molecule has 1 amide bonds. The molecule has 7 heteroatoms. The Bertz CT molecular complexity index is 1510. The van der Waals surface area contributed by atoms with Crippen molar-refractivity contribution in [1.82, 2.24) is 9.88 Å². The summed E-state index contributed by atoms with van der Waals surface area (Å²) in [7, 11) is 1.69. The molecule has 0 aliphatic carbocycles. The molecule has 1 fully saturated rings. The highest BCUT2D eigenvalue weighted by Crippen LogP contribution is 2.39. The van der Waals surface area contributed by atoms with Gasteiger partial charge in [0, 0.05) is 41.5 Å². The predicted molar refractivity (Wildman–Crippen MR) is 154 cm³/mol. The van der Waals surface area contributed by atoms with Crippen LogP contribution in [-0.2, 0) is 4.74 Å². The molecule has 2 atom stereocenters. The Morgan fingerprint density at radius 2 is 1.62 bits per heavy atom. The van der Waals surface area contributed by atoms with Gasteiger partial charge in [-0.25, -0.2) is 4.79 Å². The number of hydrogen-bond acceptors (Lipinski definition) is 6. The van der Waals surface area contributed by atoms with Gasteiger partial charge in [-0.2, -0.15) is 5.26 Å². The van der Waals surface area contributed by atoms with E-state index in [0.29, 0.717) is 12.2 Å². The second-order valence-electron chi connectivity index (χ2n) is 9.85.